The molecule has 0 spiro atoms. The summed E-state index contributed by atoms with van der Waals surface area (Å²) in [7, 11) is 0. The van der Waals surface area contributed by atoms with Crippen molar-refractivity contribution in [3.05, 3.63) is 24.3 Å². The molecule has 0 aromatic heterocycles. The number of hydrogen-bond acceptors (Lipinski definition) is 9. The number of nitrogens with zero attached hydrogens (tertiary/aromatic N) is 6. The molecule has 512 valence electrons. The molecule has 0 heterocycles. The molecule has 0 saturated heterocycles. The fourth-order valence-electron chi connectivity index (χ4n) is 21.3. The Bertz CT molecular complexity index is 1440. The maximum Gasteiger partial charge on any atom is 4.00 e. The van der Waals surface area contributed by atoms with Gasteiger partial charge in [0, 0.05) is 72.5 Å². The molecule has 0 radical (unpaired) electrons. The Morgan fingerprint density at radius 1 is 0.211 bits per heavy atom. The van der Waals surface area contributed by atoms with Crippen LogP contribution in [0.5, 0.6) is 0 Å². The molecule has 0 N–H and O–H groups in total. The van der Waals surface area contributed by atoms with Gasteiger partial charge in [0.15, 0.2) is 0 Å². The second kappa shape index (κ2) is 41.9. The quantitative estimate of drug-likeness (QED) is 0.0756. The van der Waals surface area contributed by atoms with Gasteiger partial charge in [-0.05, 0) is 173 Å². The van der Waals surface area contributed by atoms with Gasteiger partial charge in [-0.2, -0.15) is 6.08 Å². The zero-order valence-corrected chi connectivity index (χ0v) is 60.0. The smallest absolute Gasteiger partial charge is 0.829 e. The van der Waals surface area contributed by atoms with Gasteiger partial charge in [-0.25, -0.2) is 12.2 Å². The minimum atomic E-state index is -0.572. The Labute approximate surface area is 570 Å². The van der Waals surface area contributed by atoms with Crippen LogP contribution >= 0.6 is 0 Å². The van der Waals surface area contributed by atoms with Crippen LogP contribution in [-0.2, 0) is 21.7 Å². The molecule has 0 aromatic rings. The average Bonchev–Trinajstić information content (AvgIpc) is 1.48. The van der Waals surface area contributed by atoms with E-state index in [2.05, 4.69) is 41.6 Å². The van der Waals surface area contributed by atoms with Crippen molar-refractivity contribution in [1.29, 1.82) is 0 Å². The van der Waals surface area contributed by atoms with Crippen LogP contribution in [0.1, 0.15) is 392 Å². The van der Waals surface area contributed by atoms with Crippen molar-refractivity contribution in [1.82, 2.24) is 29.4 Å². The molecule has 90 heavy (non-hydrogen) atoms. The van der Waals surface area contributed by atoms with E-state index < -0.39 is 19.1 Å². The topological polar surface area (TPSA) is 88.6 Å². The number of rotatable bonds is 18. The van der Waals surface area contributed by atoms with Gasteiger partial charge in [0.25, 0.3) is 0 Å². The molecule has 0 aromatic carbocycles. The summed E-state index contributed by atoms with van der Waals surface area (Å²) in [6, 6.07) is 6.77. The molecule has 10 heteroatoms. The zero-order valence-electron chi connectivity index (χ0n) is 58.4. The van der Waals surface area contributed by atoms with Gasteiger partial charge < -0.3 is 15.3 Å². The summed E-state index contributed by atoms with van der Waals surface area (Å²) < 4.78 is 0. The van der Waals surface area contributed by atoms with Crippen LogP contribution < -0.4 is 15.3 Å². The first-order valence-corrected chi connectivity index (χ1v) is 40.9. The Hall–Kier alpha value is -0.166. The molecular formula is C80H140N6O3Ti. The molecule has 13 aliphatic carbocycles. The Balaban J connectivity index is 0.000000153. The third kappa shape index (κ3) is 22.2. The summed E-state index contributed by atoms with van der Waals surface area (Å²) in [5.74, 6) is 0. The maximum absolute atomic E-state index is 14.4. The first-order valence-electron chi connectivity index (χ1n) is 40.9. The fourth-order valence-corrected chi connectivity index (χ4v) is 21.3. The summed E-state index contributed by atoms with van der Waals surface area (Å²) in [6.07, 6.45) is 87.7. The molecule has 13 aliphatic rings. The van der Waals surface area contributed by atoms with E-state index in [0.717, 1.165) is 6.42 Å². The first-order chi connectivity index (χ1) is 44.0. The van der Waals surface area contributed by atoms with E-state index in [-0.39, 0.29) is 21.7 Å². The molecule has 12 fully saturated rings. The van der Waals surface area contributed by atoms with Crippen molar-refractivity contribution >= 4 is 0 Å². The van der Waals surface area contributed by atoms with E-state index in [0.29, 0.717) is 72.5 Å². The molecule has 0 bridgehead atoms. The van der Waals surface area contributed by atoms with Crippen LogP contribution in [0.25, 0.3) is 0 Å². The minimum absolute atomic E-state index is 0. The summed E-state index contributed by atoms with van der Waals surface area (Å²) in [5.41, 5.74) is 0. The first kappa shape index (κ1) is 74.1. The van der Waals surface area contributed by atoms with Crippen LogP contribution in [-0.4, -0.2) is 121 Å². The van der Waals surface area contributed by atoms with Gasteiger partial charge in [-0.15, -0.1) is 6.42 Å². The molecule has 13 rings (SSSR count). The molecular weight excluding hydrogens is 1140 g/mol. The Morgan fingerprint density at radius 2 is 0.333 bits per heavy atom. The summed E-state index contributed by atoms with van der Waals surface area (Å²) >= 11 is 0. The zero-order chi connectivity index (χ0) is 61.1. The number of allylic oxidation sites excluding steroid dienone is 4. The second-order valence-corrected chi connectivity index (χ2v) is 32.2. The van der Waals surface area contributed by atoms with Gasteiger partial charge in [0.2, 0.25) is 0 Å². The van der Waals surface area contributed by atoms with Crippen LogP contribution in [0, 0.1) is 6.08 Å². The van der Waals surface area contributed by atoms with E-state index in [1.165, 1.54) is 385 Å². The maximum atomic E-state index is 14.4. The summed E-state index contributed by atoms with van der Waals surface area (Å²) in [6.45, 7) is 0. The van der Waals surface area contributed by atoms with E-state index in [1.54, 1.807) is 0 Å². The van der Waals surface area contributed by atoms with Crippen LogP contribution in [0.4, 0.5) is 0 Å². The standard InChI is InChI=1S/3C25H45N2O.C5H5.Ti/c3*28-25(26(21-13-5-1-6-14-21)22-15-7-2-8-16-22)27(23-17-9-3-10-18-23)24-19-11-4-12-20-24;1-2-4-5-3-1;/h3*21-25H,1-20H2;1-3H,4H2;/q4*-1;+4. The number of hydrogen-bond donors (Lipinski definition) is 0. The van der Waals surface area contributed by atoms with Crippen LogP contribution in [0.15, 0.2) is 18.2 Å². The summed E-state index contributed by atoms with van der Waals surface area (Å²) in [5, 5.41) is 43.1. The predicted octanol–water partition coefficient (Wildman–Crippen LogP) is 18.0. The van der Waals surface area contributed by atoms with Crippen molar-refractivity contribution in [2.75, 3.05) is 0 Å². The molecule has 0 atom stereocenters. The summed E-state index contributed by atoms with van der Waals surface area (Å²) in [4.78, 5) is 15.4. The van der Waals surface area contributed by atoms with Crippen molar-refractivity contribution in [3.63, 3.8) is 0 Å². The average molecular weight is 1280 g/mol. The third-order valence-electron chi connectivity index (χ3n) is 26.1. The molecule has 9 nitrogen and oxygen atoms in total. The fraction of sp³-hybridized carbons (Fsp3) is 0.950. The van der Waals surface area contributed by atoms with Gasteiger partial charge in [-0.1, -0.05) is 231 Å². The molecule has 12 saturated carbocycles. The third-order valence-corrected chi connectivity index (χ3v) is 26.1. The van der Waals surface area contributed by atoms with E-state index in [4.69, 9.17) is 0 Å². The van der Waals surface area contributed by atoms with E-state index in [9.17, 15) is 15.3 Å². The van der Waals surface area contributed by atoms with Crippen molar-refractivity contribution in [2.45, 2.75) is 483 Å². The van der Waals surface area contributed by atoms with Gasteiger partial charge in [-0.3, -0.25) is 35.5 Å². The van der Waals surface area contributed by atoms with E-state index >= 15 is 0 Å². The van der Waals surface area contributed by atoms with Gasteiger partial charge in [0.1, 0.15) is 0 Å². The van der Waals surface area contributed by atoms with E-state index in [1.807, 2.05) is 12.2 Å². The second-order valence-electron chi connectivity index (χ2n) is 32.2. The SMILES string of the molecule is [C-]1=CC=CC1.[O-]C(N(C1CCCCC1)C1CCCCC1)N(C1CCCCC1)C1CCCCC1.[O-]C(N(C1CCCCC1)C1CCCCC1)N(C1CCCCC1)C1CCCCC1.[O-]C(N(C1CCCCC1)C1CCCCC1)N(C1CCCCC1)C1CCCCC1.[Ti+4]. The van der Waals surface area contributed by atoms with Crippen molar-refractivity contribution in [2.24, 2.45) is 0 Å². The van der Waals surface area contributed by atoms with Gasteiger partial charge in [0.05, 0.1) is 0 Å². The normalized spacial score (nSPS) is 27.0. The predicted molar refractivity (Wildman–Crippen MR) is 366 cm³/mol. The Morgan fingerprint density at radius 3 is 0.411 bits per heavy atom. The largest absolute Gasteiger partial charge is 4.00 e. The van der Waals surface area contributed by atoms with Crippen LogP contribution in [0.2, 0.25) is 0 Å². The van der Waals surface area contributed by atoms with Gasteiger partial charge >= 0.3 is 21.7 Å². The monoisotopic (exact) mass is 1280 g/mol. The molecule has 0 aliphatic heterocycles. The Kier molecular flexibility index (Phi) is 34.5. The van der Waals surface area contributed by atoms with Crippen molar-refractivity contribution < 1.29 is 37.0 Å². The van der Waals surface area contributed by atoms with Crippen LogP contribution in [0.3, 0.4) is 0 Å². The minimum Gasteiger partial charge on any atom is -0.829 e. The molecule has 0 unspecified atom stereocenters. The molecule has 0 amide bonds. The van der Waals surface area contributed by atoms with Crippen molar-refractivity contribution in [3.8, 4) is 0 Å².